The number of rotatable bonds is 7. The van der Waals surface area contributed by atoms with Crippen LogP contribution < -0.4 is 5.32 Å². The lowest BCUT2D eigenvalue weighted by Crippen LogP contribution is -2.33. The zero-order valence-corrected chi connectivity index (χ0v) is 13.4. The minimum atomic E-state index is 0.00233. The van der Waals surface area contributed by atoms with Crippen molar-refractivity contribution in [1.82, 2.24) is 15.4 Å². The van der Waals surface area contributed by atoms with Gasteiger partial charge in [0, 0.05) is 25.2 Å². The van der Waals surface area contributed by atoms with Gasteiger partial charge in [-0.25, -0.2) is 0 Å². The number of hydrogen-bond acceptors (Lipinski definition) is 4. The molecule has 0 fully saturated rings. The minimum absolute atomic E-state index is 0.00233. The molecule has 0 aliphatic heterocycles. The molecule has 5 nitrogen and oxygen atoms in total. The third-order valence-electron chi connectivity index (χ3n) is 3.63. The molecule has 0 radical (unpaired) electrons. The molecule has 0 atom stereocenters. The van der Waals surface area contributed by atoms with Crippen LogP contribution in [0.15, 0.2) is 34.9 Å². The van der Waals surface area contributed by atoms with Gasteiger partial charge >= 0.3 is 0 Å². The van der Waals surface area contributed by atoms with Gasteiger partial charge in [-0.3, -0.25) is 4.79 Å². The van der Waals surface area contributed by atoms with E-state index in [-0.39, 0.29) is 5.91 Å². The molecule has 118 valence electrons. The van der Waals surface area contributed by atoms with E-state index in [1.165, 1.54) is 5.56 Å². The lowest BCUT2D eigenvalue weighted by molar-refractivity contribution is -0.120. The molecule has 0 saturated carbocycles. The summed E-state index contributed by atoms with van der Waals surface area (Å²) in [6.07, 6.45) is 0.323. The Kier molecular flexibility index (Phi) is 5.72. The highest BCUT2D eigenvalue weighted by Gasteiger charge is 2.13. The molecule has 2 aromatic rings. The molecular weight excluding hydrogens is 278 g/mol. The van der Waals surface area contributed by atoms with Crippen LogP contribution in [0.4, 0.5) is 0 Å². The van der Waals surface area contributed by atoms with Crippen LogP contribution in [0.5, 0.6) is 0 Å². The molecule has 1 heterocycles. The molecule has 1 N–H and O–H groups in total. The summed E-state index contributed by atoms with van der Waals surface area (Å²) in [5.41, 5.74) is 2.94. The Bertz CT molecular complexity index is 588. The van der Waals surface area contributed by atoms with Crippen molar-refractivity contribution in [1.29, 1.82) is 0 Å². The third kappa shape index (κ3) is 4.70. The van der Waals surface area contributed by atoms with E-state index in [9.17, 15) is 4.79 Å². The summed E-state index contributed by atoms with van der Waals surface area (Å²) in [6.45, 7) is 6.00. The summed E-state index contributed by atoms with van der Waals surface area (Å²) in [4.78, 5) is 14.1. The number of benzene rings is 1. The Hall–Kier alpha value is -2.14. The number of aromatic nitrogens is 1. The van der Waals surface area contributed by atoms with E-state index in [1.54, 1.807) is 0 Å². The predicted octanol–water partition coefficient (Wildman–Crippen LogP) is 2.08. The van der Waals surface area contributed by atoms with Crippen LogP contribution in [0.2, 0.25) is 0 Å². The van der Waals surface area contributed by atoms with Crippen LogP contribution >= 0.6 is 0 Å². The Balaban J connectivity index is 1.71. The van der Waals surface area contributed by atoms with Gasteiger partial charge in [-0.05, 0) is 26.5 Å². The average Bonchev–Trinajstić information content (AvgIpc) is 2.80. The van der Waals surface area contributed by atoms with E-state index in [2.05, 4.69) is 27.5 Å². The standard InChI is InChI=1S/C17H23N3O2/c1-13-16(14(2)22-19-13)11-17(21)18-9-10-20(3)12-15-7-5-4-6-8-15/h4-8H,9-12H2,1-3H3,(H,18,21). The highest BCUT2D eigenvalue weighted by Crippen LogP contribution is 2.12. The number of aryl methyl sites for hydroxylation is 2. The van der Waals surface area contributed by atoms with Crippen LogP contribution in [-0.4, -0.2) is 36.1 Å². The van der Waals surface area contributed by atoms with Crippen LogP contribution in [0, 0.1) is 13.8 Å². The zero-order valence-electron chi connectivity index (χ0n) is 13.4. The second kappa shape index (κ2) is 7.75. The van der Waals surface area contributed by atoms with Crippen LogP contribution in [0.3, 0.4) is 0 Å². The molecule has 22 heavy (non-hydrogen) atoms. The Morgan fingerprint density at radius 2 is 2.00 bits per heavy atom. The van der Waals surface area contributed by atoms with Gasteiger partial charge in [0.1, 0.15) is 5.76 Å². The topological polar surface area (TPSA) is 58.4 Å². The Morgan fingerprint density at radius 3 is 2.64 bits per heavy atom. The van der Waals surface area contributed by atoms with Gasteiger partial charge in [-0.1, -0.05) is 35.5 Å². The van der Waals surface area contributed by atoms with Crippen LogP contribution in [-0.2, 0) is 17.8 Å². The molecular formula is C17H23N3O2. The average molecular weight is 301 g/mol. The Morgan fingerprint density at radius 1 is 1.27 bits per heavy atom. The fraction of sp³-hybridized carbons (Fsp3) is 0.412. The zero-order chi connectivity index (χ0) is 15.9. The highest BCUT2D eigenvalue weighted by molar-refractivity contribution is 5.78. The van der Waals surface area contributed by atoms with Gasteiger partial charge in [0.2, 0.25) is 5.91 Å². The number of likely N-dealkylation sites (N-methyl/N-ethyl adjacent to an activating group) is 1. The number of nitrogens with zero attached hydrogens (tertiary/aromatic N) is 2. The number of carbonyl (C=O) groups is 1. The van der Waals surface area contributed by atoms with Crippen molar-refractivity contribution in [3.63, 3.8) is 0 Å². The molecule has 5 heteroatoms. The van der Waals surface area contributed by atoms with Crippen molar-refractivity contribution in [2.24, 2.45) is 0 Å². The summed E-state index contributed by atoms with van der Waals surface area (Å²) < 4.78 is 5.07. The van der Waals surface area contributed by atoms with E-state index >= 15 is 0 Å². The van der Waals surface area contributed by atoms with Gasteiger partial charge in [-0.15, -0.1) is 0 Å². The lowest BCUT2D eigenvalue weighted by Gasteiger charge is -2.17. The molecule has 0 saturated heterocycles. The molecule has 0 spiro atoms. The first-order chi connectivity index (χ1) is 10.6. The number of amides is 1. The quantitative estimate of drug-likeness (QED) is 0.850. The maximum Gasteiger partial charge on any atom is 0.224 e. The molecule has 2 rings (SSSR count). The smallest absolute Gasteiger partial charge is 0.224 e. The maximum absolute atomic E-state index is 12.0. The van der Waals surface area contributed by atoms with Gasteiger partial charge < -0.3 is 14.7 Å². The summed E-state index contributed by atoms with van der Waals surface area (Å²) in [5, 5.41) is 6.80. The molecule has 0 bridgehead atoms. The third-order valence-corrected chi connectivity index (χ3v) is 3.63. The monoisotopic (exact) mass is 301 g/mol. The fourth-order valence-corrected chi connectivity index (χ4v) is 2.34. The normalized spacial score (nSPS) is 10.9. The van der Waals surface area contributed by atoms with E-state index in [4.69, 9.17) is 4.52 Å². The molecule has 0 aliphatic carbocycles. The summed E-state index contributed by atoms with van der Waals surface area (Å²) in [6, 6.07) is 10.3. The summed E-state index contributed by atoms with van der Waals surface area (Å²) in [7, 11) is 2.05. The minimum Gasteiger partial charge on any atom is -0.361 e. The van der Waals surface area contributed by atoms with Crippen molar-refractivity contribution < 1.29 is 9.32 Å². The first-order valence-electron chi connectivity index (χ1n) is 7.47. The Labute approximate surface area is 131 Å². The lowest BCUT2D eigenvalue weighted by atomic mass is 10.1. The first kappa shape index (κ1) is 16.2. The van der Waals surface area contributed by atoms with Crippen molar-refractivity contribution in [2.75, 3.05) is 20.1 Å². The highest BCUT2D eigenvalue weighted by atomic mass is 16.5. The number of nitrogens with one attached hydrogen (secondary N) is 1. The summed E-state index contributed by atoms with van der Waals surface area (Å²) in [5.74, 6) is 0.719. The van der Waals surface area contributed by atoms with E-state index in [0.717, 1.165) is 24.3 Å². The van der Waals surface area contributed by atoms with Crippen LogP contribution in [0.25, 0.3) is 0 Å². The first-order valence-corrected chi connectivity index (χ1v) is 7.47. The molecule has 0 aliphatic rings. The molecule has 1 amide bonds. The van der Waals surface area contributed by atoms with Crippen molar-refractivity contribution in [3.8, 4) is 0 Å². The van der Waals surface area contributed by atoms with Crippen LogP contribution in [0.1, 0.15) is 22.6 Å². The second-order valence-corrected chi connectivity index (χ2v) is 5.55. The molecule has 0 unspecified atom stereocenters. The van der Waals surface area contributed by atoms with Crippen molar-refractivity contribution in [2.45, 2.75) is 26.8 Å². The number of carbonyl (C=O) groups excluding carboxylic acids is 1. The van der Waals surface area contributed by atoms with E-state index in [0.29, 0.717) is 18.7 Å². The summed E-state index contributed by atoms with van der Waals surface area (Å²) >= 11 is 0. The molecule has 1 aromatic heterocycles. The molecule has 1 aromatic carbocycles. The van der Waals surface area contributed by atoms with E-state index < -0.39 is 0 Å². The van der Waals surface area contributed by atoms with Gasteiger partial charge in [0.05, 0.1) is 12.1 Å². The largest absolute Gasteiger partial charge is 0.361 e. The number of hydrogen-bond donors (Lipinski definition) is 1. The fourth-order valence-electron chi connectivity index (χ4n) is 2.34. The predicted molar refractivity (Wildman–Crippen MR) is 85.5 cm³/mol. The maximum atomic E-state index is 12.0. The van der Waals surface area contributed by atoms with Crippen molar-refractivity contribution in [3.05, 3.63) is 52.9 Å². The van der Waals surface area contributed by atoms with Gasteiger partial charge in [0.25, 0.3) is 0 Å². The van der Waals surface area contributed by atoms with Crippen molar-refractivity contribution >= 4 is 5.91 Å². The van der Waals surface area contributed by atoms with Gasteiger partial charge in [0.15, 0.2) is 0 Å². The van der Waals surface area contributed by atoms with Gasteiger partial charge in [-0.2, -0.15) is 0 Å². The second-order valence-electron chi connectivity index (χ2n) is 5.55. The van der Waals surface area contributed by atoms with E-state index in [1.807, 2.05) is 39.1 Å². The SMILES string of the molecule is Cc1noc(C)c1CC(=O)NCCN(C)Cc1ccccc1.